The molecule has 0 fully saturated rings. The number of benzene rings is 7. The zero-order valence-corrected chi connectivity index (χ0v) is 26.5. The summed E-state index contributed by atoms with van der Waals surface area (Å²) in [4.78, 5) is 0. The third kappa shape index (κ3) is 4.98. The summed E-state index contributed by atoms with van der Waals surface area (Å²) in [6, 6.07) is 46.2. The van der Waals surface area contributed by atoms with E-state index >= 15 is 0 Å². The second-order valence-electron chi connectivity index (χ2n) is 12.1. The Balaban J connectivity index is 1.57. The molecule has 0 radical (unpaired) electrons. The minimum absolute atomic E-state index is 0.906. The van der Waals surface area contributed by atoms with Crippen molar-refractivity contribution in [2.24, 2.45) is 0 Å². The van der Waals surface area contributed by atoms with Crippen LogP contribution in [0.2, 0.25) is 0 Å². The van der Waals surface area contributed by atoms with Crippen LogP contribution in [-0.4, -0.2) is 13.3 Å². The van der Waals surface area contributed by atoms with Crippen molar-refractivity contribution in [3.63, 3.8) is 0 Å². The van der Waals surface area contributed by atoms with Crippen molar-refractivity contribution in [3.8, 4) is 33.4 Å². The van der Waals surface area contributed by atoms with E-state index in [1.807, 2.05) is 25.5 Å². The first-order valence-corrected chi connectivity index (χ1v) is 17.8. The Hall–Kier alpha value is -4.71. The van der Waals surface area contributed by atoms with E-state index in [0.29, 0.717) is 0 Å². The lowest BCUT2D eigenvalue weighted by atomic mass is 9.84. The minimum Gasteiger partial charge on any atom is -0.319 e. The molecule has 0 aromatic heterocycles. The van der Waals surface area contributed by atoms with Gasteiger partial charge in [0.15, 0.2) is 0 Å². The van der Waals surface area contributed by atoms with E-state index in [0.717, 1.165) is 16.4 Å². The van der Waals surface area contributed by atoms with E-state index in [9.17, 15) is 4.57 Å². The highest BCUT2D eigenvalue weighted by Gasteiger charge is 2.18. The molecule has 44 heavy (non-hydrogen) atoms. The zero-order valence-electron chi connectivity index (χ0n) is 25.6. The number of rotatable bonds is 5. The molecule has 0 N–H and O–H groups in total. The Morgan fingerprint density at radius 2 is 1.09 bits per heavy atom. The summed E-state index contributed by atoms with van der Waals surface area (Å²) in [5.74, 6) is 0. The fourth-order valence-corrected chi connectivity index (χ4v) is 7.36. The number of allylic oxidation sites excluding steroid dienone is 1. The van der Waals surface area contributed by atoms with Gasteiger partial charge in [0.05, 0.1) is 0 Å². The highest BCUT2D eigenvalue weighted by molar-refractivity contribution is 7.70. The van der Waals surface area contributed by atoms with Crippen molar-refractivity contribution < 1.29 is 4.57 Å². The lowest BCUT2D eigenvalue weighted by Crippen LogP contribution is -2.01. The normalized spacial score (nSPS) is 12.1. The summed E-state index contributed by atoms with van der Waals surface area (Å²) in [5.41, 5.74) is 9.70. The number of fused-ring (bicyclic) bond motifs is 3. The lowest BCUT2D eigenvalue weighted by Gasteiger charge is -2.19. The van der Waals surface area contributed by atoms with Gasteiger partial charge in [-0.05, 0) is 122 Å². The maximum Gasteiger partial charge on any atom is 0.109 e. The van der Waals surface area contributed by atoms with Crippen molar-refractivity contribution in [2.75, 3.05) is 13.3 Å². The van der Waals surface area contributed by atoms with Gasteiger partial charge in [-0.1, -0.05) is 121 Å². The van der Waals surface area contributed by atoms with E-state index in [2.05, 4.69) is 141 Å². The molecule has 0 unspecified atom stereocenters. The molecule has 0 spiro atoms. The first-order chi connectivity index (χ1) is 21.3. The molecule has 0 bridgehead atoms. The number of hydrogen-bond donors (Lipinski definition) is 0. The van der Waals surface area contributed by atoms with Gasteiger partial charge in [-0.2, -0.15) is 0 Å². The average molecular weight is 587 g/mol. The largest absolute Gasteiger partial charge is 0.319 e. The molecule has 7 aromatic carbocycles. The van der Waals surface area contributed by atoms with Gasteiger partial charge in [-0.15, -0.1) is 0 Å². The number of hydrogen-bond acceptors (Lipinski definition) is 1. The predicted molar refractivity (Wildman–Crippen MR) is 194 cm³/mol. The van der Waals surface area contributed by atoms with E-state index in [-0.39, 0.29) is 0 Å². The average Bonchev–Trinajstić information content (AvgIpc) is 3.04. The molecule has 0 heterocycles. The fourth-order valence-electron chi connectivity index (χ4n) is 6.49. The van der Waals surface area contributed by atoms with Crippen LogP contribution in [-0.2, 0) is 4.57 Å². The van der Waals surface area contributed by atoms with Crippen molar-refractivity contribution >= 4 is 50.8 Å². The van der Waals surface area contributed by atoms with Crippen LogP contribution in [0.4, 0.5) is 0 Å². The topological polar surface area (TPSA) is 17.1 Å². The molecule has 0 saturated heterocycles. The molecule has 0 aliphatic carbocycles. The molecule has 0 atom stereocenters. The summed E-state index contributed by atoms with van der Waals surface area (Å²) in [5, 5.41) is 8.32. The Morgan fingerprint density at radius 3 is 1.80 bits per heavy atom. The van der Waals surface area contributed by atoms with Crippen molar-refractivity contribution in [1.82, 2.24) is 0 Å². The summed E-state index contributed by atoms with van der Waals surface area (Å²) in [6.45, 7) is 7.90. The Kier molecular flexibility index (Phi) is 7.08. The third-order valence-corrected chi connectivity index (χ3v) is 10.3. The molecule has 0 aliphatic rings. The molecule has 0 aliphatic heterocycles. The maximum atomic E-state index is 12.7. The molecule has 2 heteroatoms. The van der Waals surface area contributed by atoms with Crippen LogP contribution in [0, 0.1) is 6.92 Å². The Morgan fingerprint density at radius 1 is 0.523 bits per heavy atom. The number of aryl methyl sites for hydroxylation is 1. The summed E-state index contributed by atoms with van der Waals surface area (Å²) in [7, 11) is -2.32. The van der Waals surface area contributed by atoms with Crippen LogP contribution in [0.15, 0.2) is 133 Å². The minimum atomic E-state index is -2.32. The SMILES string of the molecule is C/C=C\c1cc(-c2c3ccccc3c(-c3ccc4ccccc4c3)c3cc(-c4ccc(P(C)(C)=O)cc4)ccc23)ccc1C. The van der Waals surface area contributed by atoms with Gasteiger partial charge in [0.1, 0.15) is 7.14 Å². The second kappa shape index (κ2) is 11.1. The van der Waals surface area contributed by atoms with E-state index in [1.54, 1.807) is 0 Å². The smallest absolute Gasteiger partial charge is 0.109 e. The standard InChI is InChI=1S/C42H35OP/c1-5-10-31-25-34(16-15-28(31)2)41-37-13-8-9-14-38(37)42(35-18-17-29-11-6-7-12-32(29)26-35)40-27-33(21-24-39(40)41)30-19-22-36(23-20-30)44(3,4)43/h5-27H,1-4H3/b10-5-. The van der Waals surface area contributed by atoms with Crippen molar-refractivity contribution in [3.05, 3.63) is 145 Å². The molecule has 0 saturated carbocycles. The lowest BCUT2D eigenvalue weighted by molar-refractivity contribution is 0.588. The first-order valence-electron chi connectivity index (χ1n) is 15.2. The van der Waals surface area contributed by atoms with Gasteiger partial charge in [-0.25, -0.2) is 0 Å². The quantitative estimate of drug-likeness (QED) is 0.145. The van der Waals surface area contributed by atoms with Crippen LogP contribution in [0.25, 0.3) is 71.8 Å². The highest BCUT2D eigenvalue weighted by atomic mass is 31.2. The van der Waals surface area contributed by atoms with E-state index < -0.39 is 7.14 Å². The molecule has 7 aromatic rings. The van der Waals surface area contributed by atoms with Gasteiger partial charge in [0.2, 0.25) is 0 Å². The van der Waals surface area contributed by atoms with Gasteiger partial charge in [0.25, 0.3) is 0 Å². The Bertz CT molecular complexity index is 2280. The Labute approximate surface area is 259 Å². The highest BCUT2D eigenvalue weighted by Crippen LogP contribution is 2.45. The summed E-state index contributed by atoms with van der Waals surface area (Å²) in [6.07, 6.45) is 4.30. The monoisotopic (exact) mass is 586 g/mol. The van der Waals surface area contributed by atoms with Gasteiger partial charge < -0.3 is 4.57 Å². The van der Waals surface area contributed by atoms with Crippen LogP contribution >= 0.6 is 7.14 Å². The zero-order chi connectivity index (χ0) is 30.4. The first kappa shape index (κ1) is 28.1. The van der Waals surface area contributed by atoms with Gasteiger partial charge in [0, 0.05) is 5.30 Å². The van der Waals surface area contributed by atoms with E-state index in [4.69, 9.17) is 0 Å². The van der Waals surface area contributed by atoms with Crippen molar-refractivity contribution in [1.29, 1.82) is 0 Å². The molecular weight excluding hydrogens is 551 g/mol. The maximum absolute atomic E-state index is 12.7. The predicted octanol–water partition coefficient (Wildman–Crippen LogP) is 11.7. The van der Waals surface area contributed by atoms with Gasteiger partial charge in [-0.3, -0.25) is 0 Å². The summed E-state index contributed by atoms with van der Waals surface area (Å²) < 4.78 is 12.7. The van der Waals surface area contributed by atoms with Crippen LogP contribution < -0.4 is 5.30 Å². The molecule has 214 valence electrons. The van der Waals surface area contributed by atoms with Crippen LogP contribution in [0.5, 0.6) is 0 Å². The van der Waals surface area contributed by atoms with Crippen LogP contribution in [0.3, 0.4) is 0 Å². The molecule has 1 nitrogen and oxygen atoms in total. The molecule has 0 amide bonds. The van der Waals surface area contributed by atoms with Gasteiger partial charge >= 0.3 is 0 Å². The third-order valence-electron chi connectivity index (χ3n) is 8.80. The van der Waals surface area contributed by atoms with E-state index in [1.165, 1.54) is 65.7 Å². The molecular formula is C42H35OP. The fraction of sp³-hybridized carbons (Fsp3) is 0.0952. The summed E-state index contributed by atoms with van der Waals surface area (Å²) >= 11 is 0. The second-order valence-corrected chi connectivity index (χ2v) is 15.3. The van der Waals surface area contributed by atoms with Crippen LogP contribution in [0.1, 0.15) is 18.1 Å². The van der Waals surface area contributed by atoms with Crippen molar-refractivity contribution in [2.45, 2.75) is 13.8 Å². The molecule has 7 rings (SSSR count).